The number of allylic oxidation sites excluding steroid dienone is 1. The molecule has 6 rings (SSSR count). The van der Waals surface area contributed by atoms with Crippen molar-refractivity contribution in [3.63, 3.8) is 0 Å². The van der Waals surface area contributed by atoms with Crippen molar-refractivity contribution in [2.45, 2.75) is 6.92 Å². The summed E-state index contributed by atoms with van der Waals surface area (Å²) in [6.07, 6.45) is 5.06. The summed E-state index contributed by atoms with van der Waals surface area (Å²) in [7, 11) is 0. The van der Waals surface area contributed by atoms with Crippen LogP contribution in [-0.2, 0) is 9.53 Å². The first-order chi connectivity index (χ1) is 18.5. The second-order valence-electron chi connectivity index (χ2n) is 9.20. The van der Waals surface area contributed by atoms with E-state index in [1.807, 2.05) is 30.3 Å². The highest BCUT2D eigenvalue weighted by atomic mass is 16.5. The highest BCUT2D eigenvalue weighted by Crippen LogP contribution is 2.36. The van der Waals surface area contributed by atoms with E-state index in [0.717, 1.165) is 16.5 Å². The Morgan fingerprint density at radius 2 is 1.71 bits per heavy atom. The Morgan fingerprint density at radius 3 is 2.47 bits per heavy atom. The minimum atomic E-state index is -0.254. The van der Waals surface area contributed by atoms with E-state index in [1.54, 1.807) is 53.7 Å². The lowest BCUT2D eigenvalue weighted by Gasteiger charge is -2.27. The highest BCUT2D eigenvalue weighted by Gasteiger charge is 2.34. The van der Waals surface area contributed by atoms with Crippen LogP contribution < -0.4 is 4.90 Å². The fourth-order valence-corrected chi connectivity index (χ4v) is 5.01. The van der Waals surface area contributed by atoms with Gasteiger partial charge in [0, 0.05) is 48.9 Å². The van der Waals surface area contributed by atoms with Crippen LogP contribution in [0, 0.1) is 0 Å². The van der Waals surface area contributed by atoms with Gasteiger partial charge in [0.25, 0.3) is 5.91 Å². The molecule has 2 aromatic carbocycles. The third kappa shape index (κ3) is 4.14. The van der Waals surface area contributed by atoms with Crippen molar-refractivity contribution in [1.82, 2.24) is 14.9 Å². The third-order valence-corrected chi connectivity index (χ3v) is 6.83. The zero-order valence-electron chi connectivity index (χ0n) is 20.8. The molecular formula is C30H24N4O4. The van der Waals surface area contributed by atoms with Crippen LogP contribution in [0.3, 0.4) is 0 Å². The molecule has 0 N–H and O–H groups in total. The van der Waals surface area contributed by atoms with E-state index < -0.39 is 0 Å². The number of ether oxygens (including phenoxy) is 1. The van der Waals surface area contributed by atoms with E-state index in [9.17, 15) is 14.4 Å². The van der Waals surface area contributed by atoms with E-state index in [2.05, 4.69) is 4.98 Å². The largest absolute Gasteiger partial charge is 0.378 e. The lowest BCUT2D eigenvalue weighted by molar-refractivity contribution is -0.116. The van der Waals surface area contributed by atoms with Gasteiger partial charge in [0.2, 0.25) is 11.7 Å². The van der Waals surface area contributed by atoms with E-state index in [-0.39, 0.29) is 23.3 Å². The molecule has 2 aliphatic rings. The molecular weight excluding hydrogens is 480 g/mol. The Kier molecular flexibility index (Phi) is 6.01. The van der Waals surface area contributed by atoms with Crippen LogP contribution in [0.5, 0.6) is 0 Å². The Bertz CT molecular complexity index is 1620. The lowest BCUT2D eigenvalue weighted by Crippen LogP contribution is -2.40. The maximum absolute atomic E-state index is 13.3. The van der Waals surface area contributed by atoms with Gasteiger partial charge in [0.05, 0.1) is 35.8 Å². The van der Waals surface area contributed by atoms with Crippen LogP contribution >= 0.6 is 0 Å². The second kappa shape index (κ2) is 9.64. The monoisotopic (exact) mass is 504 g/mol. The molecule has 0 radical (unpaired) electrons. The smallest absolute Gasteiger partial charge is 0.254 e. The summed E-state index contributed by atoms with van der Waals surface area (Å²) >= 11 is 0. The van der Waals surface area contributed by atoms with E-state index in [1.165, 1.54) is 11.8 Å². The van der Waals surface area contributed by atoms with Crippen molar-refractivity contribution in [2.24, 2.45) is 0 Å². The van der Waals surface area contributed by atoms with Gasteiger partial charge in [-0.3, -0.25) is 24.3 Å². The number of rotatable bonds is 3. The van der Waals surface area contributed by atoms with E-state index >= 15 is 0 Å². The van der Waals surface area contributed by atoms with Gasteiger partial charge in [-0.2, -0.15) is 0 Å². The Hall–Kier alpha value is -4.69. The minimum absolute atomic E-state index is 0.0477. The lowest BCUT2D eigenvalue weighted by atomic mass is 9.98. The molecule has 0 unspecified atom stereocenters. The summed E-state index contributed by atoms with van der Waals surface area (Å²) in [6.45, 7) is 3.61. The van der Waals surface area contributed by atoms with Gasteiger partial charge in [0.15, 0.2) is 0 Å². The van der Waals surface area contributed by atoms with Gasteiger partial charge >= 0.3 is 0 Å². The number of morpholine rings is 1. The number of fused-ring (bicyclic) bond motifs is 2. The summed E-state index contributed by atoms with van der Waals surface area (Å²) in [5, 5.41) is 0.807. The van der Waals surface area contributed by atoms with Crippen molar-refractivity contribution in [1.29, 1.82) is 0 Å². The second-order valence-corrected chi connectivity index (χ2v) is 9.20. The topological polar surface area (TPSA) is 92.7 Å². The maximum atomic E-state index is 13.3. The van der Waals surface area contributed by atoms with Crippen LogP contribution in [0.4, 0.5) is 5.69 Å². The number of carbonyl (C=O) groups is 3. The first-order valence-corrected chi connectivity index (χ1v) is 12.4. The SMILES string of the molecule is CC(=O)N1/C(=C/c2cc(-c3ccncc3)c3cc(C(=O)N4CCOCC4)ccc3n2)C(=O)c2ccccc21. The molecule has 0 saturated carbocycles. The Balaban J connectivity index is 1.49. The number of ketones is 1. The molecule has 2 aliphatic heterocycles. The van der Waals surface area contributed by atoms with Gasteiger partial charge in [-0.15, -0.1) is 0 Å². The molecule has 0 bridgehead atoms. The van der Waals surface area contributed by atoms with E-state index in [4.69, 9.17) is 9.72 Å². The quantitative estimate of drug-likeness (QED) is 0.385. The molecule has 1 fully saturated rings. The number of anilines is 1. The number of carbonyl (C=O) groups excluding carboxylic acids is 3. The molecule has 38 heavy (non-hydrogen) atoms. The van der Waals surface area contributed by atoms with Crippen molar-refractivity contribution in [3.8, 4) is 11.1 Å². The third-order valence-electron chi connectivity index (χ3n) is 6.83. The predicted molar refractivity (Wildman–Crippen MR) is 144 cm³/mol. The predicted octanol–water partition coefficient (Wildman–Crippen LogP) is 4.36. The summed E-state index contributed by atoms with van der Waals surface area (Å²) in [6, 6.07) is 18.2. The Labute approximate surface area is 219 Å². The molecule has 1 saturated heterocycles. The summed E-state index contributed by atoms with van der Waals surface area (Å²) in [4.78, 5) is 51.2. The molecule has 8 heteroatoms. The number of benzene rings is 2. The molecule has 0 spiro atoms. The van der Waals surface area contributed by atoms with Crippen LogP contribution in [0.2, 0.25) is 0 Å². The van der Waals surface area contributed by atoms with Gasteiger partial charge in [0.1, 0.15) is 0 Å². The average molecular weight is 505 g/mol. The number of para-hydroxylation sites is 1. The molecule has 188 valence electrons. The first-order valence-electron chi connectivity index (χ1n) is 12.4. The van der Waals surface area contributed by atoms with Gasteiger partial charge < -0.3 is 9.64 Å². The van der Waals surface area contributed by atoms with Crippen LogP contribution in [0.25, 0.3) is 28.1 Å². The molecule has 4 heterocycles. The fraction of sp³-hybridized carbons (Fsp3) is 0.167. The zero-order valence-corrected chi connectivity index (χ0v) is 20.8. The van der Waals surface area contributed by atoms with E-state index in [0.29, 0.717) is 54.3 Å². The fourth-order valence-electron chi connectivity index (χ4n) is 5.01. The molecule has 8 nitrogen and oxygen atoms in total. The molecule has 2 aromatic heterocycles. The highest BCUT2D eigenvalue weighted by molar-refractivity contribution is 6.26. The van der Waals surface area contributed by atoms with Crippen molar-refractivity contribution < 1.29 is 19.1 Å². The Morgan fingerprint density at radius 1 is 0.947 bits per heavy atom. The van der Waals surface area contributed by atoms with Crippen molar-refractivity contribution >= 4 is 40.3 Å². The standard InChI is InChI=1S/C30H24N4O4/c1-19(35)34-27-5-3-2-4-23(27)29(36)28(34)18-22-17-24(20-8-10-31-11-9-20)25-16-21(6-7-26(25)32-22)30(37)33-12-14-38-15-13-33/h2-11,16-18H,12-15H2,1H3/b28-18+. The maximum Gasteiger partial charge on any atom is 0.254 e. The molecule has 0 atom stereocenters. The van der Waals surface area contributed by atoms with Crippen LogP contribution in [-0.4, -0.2) is 58.8 Å². The molecule has 4 aromatic rings. The summed E-state index contributed by atoms with van der Waals surface area (Å²) in [5.74, 6) is -0.529. The first kappa shape index (κ1) is 23.7. The number of hydrogen-bond acceptors (Lipinski definition) is 6. The normalized spacial score (nSPS) is 16.2. The minimum Gasteiger partial charge on any atom is -0.378 e. The van der Waals surface area contributed by atoms with Crippen LogP contribution in [0.1, 0.15) is 33.3 Å². The van der Waals surface area contributed by atoms with Gasteiger partial charge in [-0.05, 0) is 65.7 Å². The number of amides is 2. The van der Waals surface area contributed by atoms with Gasteiger partial charge in [-0.1, -0.05) is 12.1 Å². The number of Topliss-reactive ketones (excluding diaryl/α,β-unsaturated/α-hetero) is 1. The number of nitrogens with zero attached hydrogens (tertiary/aromatic N) is 4. The summed E-state index contributed by atoms with van der Waals surface area (Å²) < 4.78 is 5.39. The molecule has 0 aliphatic carbocycles. The zero-order chi connectivity index (χ0) is 26.2. The number of pyridine rings is 2. The average Bonchev–Trinajstić information content (AvgIpc) is 3.24. The van der Waals surface area contributed by atoms with Crippen molar-refractivity contribution in [2.75, 3.05) is 31.2 Å². The van der Waals surface area contributed by atoms with Crippen molar-refractivity contribution in [3.05, 3.63) is 95.6 Å². The van der Waals surface area contributed by atoms with Crippen LogP contribution in [0.15, 0.2) is 78.8 Å². The molecule has 2 amide bonds. The van der Waals surface area contributed by atoms with Gasteiger partial charge in [-0.25, -0.2) is 4.98 Å². The number of hydrogen-bond donors (Lipinski definition) is 0. The summed E-state index contributed by atoms with van der Waals surface area (Å²) in [5.41, 5.74) is 4.82. The number of aromatic nitrogens is 2.